The van der Waals surface area contributed by atoms with Crippen LogP contribution in [0.4, 0.5) is 0 Å². The van der Waals surface area contributed by atoms with Crippen molar-refractivity contribution in [1.29, 1.82) is 0 Å². The lowest BCUT2D eigenvalue weighted by atomic mass is 10.0. The zero-order valence-corrected chi connectivity index (χ0v) is 59.5. The Morgan fingerprint density at radius 1 is 0.236 bits per heavy atom. The Kier molecular flexibility index (Phi) is 18.3. The van der Waals surface area contributed by atoms with Crippen molar-refractivity contribution in [3.05, 3.63) is 263 Å². The Bertz CT molecular complexity index is 5620. The van der Waals surface area contributed by atoms with E-state index in [0.717, 1.165) is 251 Å². The predicted octanol–water partition coefficient (Wildman–Crippen LogP) is 23.0. The Labute approximate surface area is 615 Å². The molecule has 10 nitrogen and oxygen atoms in total. The van der Waals surface area contributed by atoms with Crippen molar-refractivity contribution in [3.63, 3.8) is 0 Å². The van der Waals surface area contributed by atoms with Crippen molar-refractivity contribution < 1.29 is 27.8 Å². The van der Waals surface area contributed by atoms with Gasteiger partial charge >= 0.3 is 0 Å². The van der Waals surface area contributed by atoms with Crippen LogP contribution in [-0.4, -0.2) is 46.4 Å². The molecule has 512 valence electrons. The van der Waals surface area contributed by atoms with E-state index in [-0.39, 0.29) is 0 Å². The summed E-state index contributed by atoms with van der Waals surface area (Å²) in [6.07, 6.45) is 7.66. The van der Waals surface area contributed by atoms with Crippen LogP contribution in [0, 0.1) is 47.4 Å². The number of benzene rings is 10. The van der Waals surface area contributed by atoms with E-state index in [4.69, 9.17) is 47.7 Å². The van der Waals surface area contributed by atoms with Crippen LogP contribution < -0.4 is 18.9 Å². The monoisotopic (exact) mass is 1380 g/mol. The third kappa shape index (κ3) is 13.5. The zero-order valence-electron chi connectivity index (χ0n) is 59.5. The number of furan rings is 2. The van der Waals surface area contributed by atoms with Crippen LogP contribution in [0.5, 0.6) is 23.0 Å². The van der Waals surface area contributed by atoms with E-state index in [1.807, 2.05) is 121 Å². The van der Waals surface area contributed by atoms with E-state index in [9.17, 15) is 0 Å². The molecule has 0 fully saturated rings. The van der Waals surface area contributed by atoms with Gasteiger partial charge in [-0.3, -0.25) is 0 Å². The quantitative estimate of drug-likeness (QED) is 0.0526. The summed E-state index contributed by atoms with van der Waals surface area (Å²) in [7, 11) is 0. The molecule has 6 aromatic heterocycles. The number of rotatable bonds is 16. The molecule has 23 rings (SSSR count). The first-order valence-corrected chi connectivity index (χ1v) is 36.8. The lowest BCUT2D eigenvalue weighted by Crippen LogP contribution is -2.01. The van der Waals surface area contributed by atoms with Crippen LogP contribution >= 0.6 is 0 Å². The standard InChI is InChI=1S/C96H72N4O6/c1-5-9-49-101-89-57-81-69-33-21-61(22-34-69)13-17-65-29-45-85-77(53-65)78-55-67(31-47-86(78)105-85)19-15-63-25-37-71(38-26-63)83-59-91(103-51-11-7-3)75-43-44-76-92(104-52-12-8-4)60-84(100-96(76)95(75)99-83)72-39-27-64(28-40-72)16-20-68-32-48-88-80(56-68)79-54-66(30-46-87(79)106-88)18-14-62-23-35-70(36-24-62)82-58-90(102-50-10-6-2)74-42-41-73(89)93(97-81)94(74)98-82/h21-48,53-60H,5-12,49-52H2,1-4H3. The molecule has 0 aliphatic carbocycles. The van der Waals surface area contributed by atoms with E-state index in [1.165, 1.54) is 0 Å². The maximum atomic E-state index is 6.62. The highest BCUT2D eigenvalue weighted by atomic mass is 16.5. The molecule has 0 radical (unpaired) electrons. The summed E-state index contributed by atoms with van der Waals surface area (Å²) in [5.74, 6) is 30.5. The average Bonchev–Trinajstić information content (AvgIpc) is 1.06. The van der Waals surface area contributed by atoms with Gasteiger partial charge in [0.05, 0.1) is 49.2 Å². The first-order chi connectivity index (χ1) is 52.3. The smallest absolute Gasteiger partial charge is 0.135 e. The van der Waals surface area contributed by atoms with Gasteiger partial charge in [0.25, 0.3) is 0 Å². The number of pyridine rings is 4. The summed E-state index contributed by atoms with van der Waals surface area (Å²) in [5.41, 5.74) is 19.7. The van der Waals surface area contributed by atoms with Gasteiger partial charge in [-0.15, -0.1) is 0 Å². The van der Waals surface area contributed by atoms with Crippen LogP contribution in [-0.2, 0) is 0 Å². The van der Waals surface area contributed by atoms with Crippen LogP contribution in [0.2, 0.25) is 0 Å². The lowest BCUT2D eigenvalue weighted by molar-refractivity contribution is 0.312. The van der Waals surface area contributed by atoms with Crippen molar-refractivity contribution >= 4 is 87.5 Å². The minimum atomic E-state index is 0.570. The summed E-state index contributed by atoms with van der Waals surface area (Å²) in [5, 5.41) is 7.39. The fraction of sp³-hybridized carbons (Fsp3) is 0.167. The van der Waals surface area contributed by atoms with E-state index in [1.54, 1.807) is 0 Å². The minimum absolute atomic E-state index is 0.570. The minimum Gasteiger partial charge on any atom is -0.493 e. The van der Waals surface area contributed by atoms with Gasteiger partial charge in [0.15, 0.2) is 0 Å². The lowest BCUT2D eigenvalue weighted by Gasteiger charge is -2.16. The number of unbranched alkanes of at least 4 members (excludes halogenated alkanes) is 4. The normalized spacial score (nSPS) is 11.7. The van der Waals surface area contributed by atoms with Crippen LogP contribution in [0.3, 0.4) is 0 Å². The molecule has 0 saturated carbocycles. The number of ether oxygens (including phenoxy) is 4. The molecule has 0 spiro atoms. The summed E-state index contributed by atoms with van der Waals surface area (Å²) in [4.78, 5) is 21.7. The van der Waals surface area contributed by atoms with Crippen LogP contribution in [0.15, 0.2) is 227 Å². The van der Waals surface area contributed by atoms with Gasteiger partial charge in [-0.1, -0.05) is 149 Å². The maximum Gasteiger partial charge on any atom is 0.135 e. The molecule has 0 atom stereocenters. The molecule has 10 aromatic carbocycles. The first kappa shape index (κ1) is 66.1. The highest BCUT2D eigenvalue weighted by Crippen LogP contribution is 2.42. The van der Waals surface area contributed by atoms with E-state index in [0.29, 0.717) is 26.4 Å². The van der Waals surface area contributed by atoms with Gasteiger partial charge in [0, 0.05) is 134 Å². The van der Waals surface area contributed by atoms with Gasteiger partial charge in [-0.2, -0.15) is 0 Å². The molecule has 106 heavy (non-hydrogen) atoms. The molecule has 0 saturated heterocycles. The third-order valence-corrected chi connectivity index (χ3v) is 19.5. The topological polar surface area (TPSA) is 115 Å². The molecule has 13 heterocycles. The van der Waals surface area contributed by atoms with Gasteiger partial charge in [-0.05, 0) is 171 Å². The van der Waals surface area contributed by atoms with Crippen molar-refractivity contribution in [2.45, 2.75) is 79.1 Å². The van der Waals surface area contributed by atoms with E-state index < -0.39 is 0 Å². The Morgan fingerprint density at radius 3 is 0.660 bits per heavy atom. The molecule has 10 heteroatoms. The zero-order chi connectivity index (χ0) is 71.5. The second-order valence-electron chi connectivity index (χ2n) is 26.9. The number of hydrogen-bond donors (Lipinski definition) is 0. The molecule has 7 aliphatic heterocycles. The van der Waals surface area contributed by atoms with Gasteiger partial charge < -0.3 is 27.8 Å². The van der Waals surface area contributed by atoms with Crippen LogP contribution in [0.25, 0.3) is 133 Å². The van der Waals surface area contributed by atoms with E-state index >= 15 is 0 Å². The Hall–Kier alpha value is -13.1. The maximum absolute atomic E-state index is 6.62. The van der Waals surface area contributed by atoms with Gasteiger partial charge in [0.1, 0.15) is 67.4 Å². The van der Waals surface area contributed by atoms with Crippen molar-refractivity contribution in [2.24, 2.45) is 0 Å². The van der Waals surface area contributed by atoms with Crippen molar-refractivity contribution in [3.8, 4) is 115 Å². The number of hydrogen-bond acceptors (Lipinski definition) is 10. The average molecular weight is 1380 g/mol. The van der Waals surface area contributed by atoms with Crippen molar-refractivity contribution in [2.75, 3.05) is 26.4 Å². The molecular formula is C96H72N4O6. The van der Waals surface area contributed by atoms with Gasteiger partial charge in [0.2, 0.25) is 0 Å². The highest BCUT2D eigenvalue weighted by molar-refractivity contribution is 6.11. The van der Waals surface area contributed by atoms with Crippen LogP contribution in [0.1, 0.15) is 124 Å². The fourth-order valence-electron chi connectivity index (χ4n) is 13.5. The largest absolute Gasteiger partial charge is 0.493 e. The first-order valence-electron chi connectivity index (χ1n) is 36.8. The molecule has 24 bridgehead atoms. The fourth-order valence-corrected chi connectivity index (χ4v) is 13.5. The SMILES string of the molecule is CCCCOc1cc2nc3c1ccc1c(OCCCC)cc(nc13)-c1ccc(cc1)C#Cc1ccc3oc4ccc(cc4c3c1)C#Cc1ccc(cc1)-c1cc(OCCCC)c3ccc4c(OCCCC)cc(nc4c3n1)-c1ccc(cc1)C#Cc1ccc3oc4ccc(cc4c3c1)C#Cc1ccc-2cc1. The van der Waals surface area contributed by atoms with Gasteiger partial charge in [-0.25, -0.2) is 19.9 Å². The molecule has 0 N–H and O–H groups in total. The molecule has 0 amide bonds. The Morgan fingerprint density at radius 2 is 0.443 bits per heavy atom. The summed E-state index contributed by atoms with van der Waals surface area (Å²) >= 11 is 0. The summed E-state index contributed by atoms with van der Waals surface area (Å²) < 4.78 is 39.2. The third-order valence-electron chi connectivity index (χ3n) is 19.5. The molecular weight excluding hydrogens is 1310 g/mol. The summed E-state index contributed by atoms with van der Waals surface area (Å²) in [6, 6.07) is 73.9. The van der Waals surface area contributed by atoms with E-state index in [2.05, 4.69) is 172 Å². The highest BCUT2D eigenvalue weighted by Gasteiger charge is 2.21. The molecule has 0 unspecified atom stereocenters. The second kappa shape index (κ2) is 29.3. The molecule has 7 aliphatic rings. The predicted molar refractivity (Wildman–Crippen MR) is 429 cm³/mol. The second-order valence-corrected chi connectivity index (χ2v) is 26.9. The number of aromatic nitrogens is 4. The van der Waals surface area contributed by atoms with Crippen molar-refractivity contribution in [1.82, 2.24) is 19.9 Å². The number of nitrogens with zero attached hydrogens (tertiary/aromatic N) is 4. The molecule has 16 aromatic rings. The Balaban J connectivity index is 0.770. The summed E-state index contributed by atoms with van der Waals surface area (Å²) in [6.45, 7) is 11.0.